The van der Waals surface area contributed by atoms with Crippen LogP contribution in [0.3, 0.4) is 0 Å². The maximum Gasteiger partial charge on any atom is 0.328 e. The third-order valence-corrected chi connectivity index (χ3v) is 3.22. The SMILES string of the molecule is COc1ccc(Cn2ccn(C(C)C)c2=O)cc1[N+](=O)[O-]. The molecule has 7 nitrogen and oxygen atoms in total. The normalized spacial score (nSPS) is 10.9. The lowest BCUT2D eigenvalue weighted by Gasteiger charge is -2.06. The number of hydrogen-bond acceptors (Lipinski definition) is 4. The van der Waals surface area contributed by atoms with Crippen molar-refractivity contribution in [1.82, 2.24) is 9.13 Å². The number of nitrogens with zero attached hydrogens (tertiary/aromatic N) is 3. The fourth-order valence-electron chi connectivity index (χ4n) is 2.11. The van der Waals surface area contributed by atoms with Crippen LogP contribution in [-0.2, 0) is 6.54 Å². The molecule has 0 saturated heterocycles. The molecule has 0 aliphatic rings. The van der Waals surface area contributed by atoms with Crippen molar-refractivity contribution in [3.63, 3.8) is 0 Å². The molecule has 0 atom stereocenters. The summed E-state index contributed by atoms with van der Waals surface area (Å²) in [5.74, 6) is 0.204. The monoisotopic (exact) mass is 291 g/mol. The standard InChI is InChI=1S/C14H17N3O4/c1-10(2)16-7-6-15(14(16)18)9-11-4-5-13(21-3)12(8-11)17(19)20/h4-8,10H,9H2,1-3H3. The van der Waals surface area contributed by atoms with Crippen molar-refractivity contribution >= 4 is 5.69 Å². The zero-order valence-electron chi connectivity index (χ0n) is 12.1. The van der Waals surface area contributed by atoms with Gasteiger partial charge in [0.15, 0.2) is 5.75 Å². The Morgan fingerprint density at radius 2 is 2.05 bits per heavy atom. The van der Waals surface area contributed by atoms with E-state index >= 15 is 0 Å². The molecule has 21 heavy (non-hydrogen) atoms. The Bertz CT molecular complexity index is 715. The van der Waals surface area contributed by atoms with Crippen LogP contribution in [0.1, 0.15) is 25.5 Å². The molecule has 1 aromatic heterocycles. The van der Waals surface area contributed by atoms with Crippen LogP contribution in [-0.4, -0.2) is 21.2 Å². The minimum absolute atomic E-state index is 0.0731. The summed E-state index contributed by atoms with van der Waals surface area (Å²) >= 11 is 0. The average Bonchev–Trinajstić information content (AvgIpc) is 2.80. The number of methoxy groups -OCH3 is 1. The van der Waals surface area contributed by atoms with E-state index in [4.69, 9.17) is 4.74 Å². The van der Waals surface area contributed by atoms with E-state index in [9.17, 15) is 14.9 Å². The molecule has 0 unspecified atom stereocenters. The van der Waals surface area contributed by atoms with Crippen molar-refractivity contribution in [2.75, 3.05) is 7.11 Å². The molecular formula is C14H17N3O4. The molecule has 2 aromatic rings. The van der Waals surface area contributed by atoms with Crippen LogP contribution in [0.5, 0.6) is 5.75 Å². The fraction of sp³-hybridized carbons (Fsp3) is 0.357. The predicted octanol–water partition coefficient (Wildman–Crippen LogP) is 2.20. The van der Waals surface area contributed by atoms with Crippen LogP contribution in [0.15, 0.2) is 35.4 Å². The van der Waals surface area contributed by atoms with Crippen molar-refractivity contribution in [3.8, 4) is 5.75 Å². The number of benzene rings is 1. The van der Waals surface area contributed by atoms with Crippen molar-refractivity contribution < 1.29 is 9.66 Å². The van der Waals surface area contributed by atoms with Crippen LogP contribution < -0.4 is 10.4 Å². The highest BCUT2D eigenvalue weighted by Gasteiger charge is 2.16. The van der Waals surface area contributed by atoms with Gasteiger partial charge in [0, 0.05) is 24.5 Å². The van der Waals surface area contributed by atoms with Crippen molar-refractivity contribution in [2.45, 2.75) is 26.4 Å². The average molecular weight is 291 g/mol. The van der Waals surface area contributed by atoms with E-state index in [0.29, 0.717) is 5.56 Å². The summed E-state index contributed by atoms with van der Waals surface area (Å²) in [5, 5.41) is 11.0. The van der Waals surface area contributed by atoms with Crippen LogP contribution in [0.2, 0.25) is 0 Å². The molecule has 0 N–H and O–H groups in total. The third-order valence-electron chi connectivity index (χ3n) is 3.22. The summed E-state index contributed by atoms with van der Waals surface area (Å²) in [6.07, 6.45) is 3.39. The lowest BCUT2D eigenvalue weighted by molar-refractivity contribution is -0.385. The van der Waals surface area contributed by atoms with Gasteiger partial charge in [-0.1, -0.05) is 6.07 Å². The van der Waals surface area contributed by atoms with Crippen molar-refractivity contribution in [2.24, 2.45) is 0 Å². The third kappa shape index (κ3) is 2.96. The van der Waals surface area contributed by atoms with Crippen LogP contribution in [0.25, 0.3) is 0 Å². The maximum absolute atomic E-state index is 12.1. The second kappa shape index (κ2) is 5.82. The first-order valence-corrected chi connectivity index (χ1v) is 6.52. The van der Waals surface area contributed by atoms with E-state index in [1.807, 2.05) is 13.8 Å². The van der Waals surface area contributed by atoms with Crippen LogP contribution >= 0.6 is 0 Å². The molecule has 0 aliphatic heterocycles. The molecule has 0 saturated carbocycles. The van der Waals surface area contributed by atoms with E-state index in [2.05, 4.69) is 0 Å². The van der Waals surface area contributed by atoms with E-state index in [-0.39, 0.29) is 29.7 Å². The fourth-order valence-corrected chi connectivity index (χ4v) is 2.11. The van der Waals surface area contributed by atoms with Gasteiger partial charge < -0.3 is 4.74 Å². The van der Waals surface area contributed by atoms with Gasteiger partial charge in [-0.15, -0.1) is 0 Å². The largest absolute Gasteiger partial charge is 0.490 e. The number of nitro benzene ring substituents is 1. The number of hydrogen-bond donors (Lipinski definition) is 0. The van der Waals surface area contributed by atoms with Gasteiger partial charge in [-0.05, 0) is 25.5 Å². The molecule has 7 heteroatoms. The summed E-state index contributed by atoms with van der Waals surface area (Å²) in [4.78, 5) is 22.6. The minimum Gasteiger partial charge on any atom is -0.490 e. The second-order valence-corrected chi connectivity index (χ2v) is 4.97. The van der Waals surface area contributed by atoms with Crippen molar-refractivity contribution in [1.29, 1.82) is 0 Å². The molecule has 0 aliphatic carbocycles. The van der Waals surface area contributed by atoms with Gasteiger partial charge in [0.2, 0.25) is 0 Å². The molecular weight excluding hydrogens is 274 g/mol. The number of imidazole rings is 1. The number of ether oxygens (including phenoxy) is 1. The Morgan fingerprint density at radius 3 is 2.57 bits per heavy atom. The highest BCUT2D eigenvalue weighted by molar-refractivity contribution is 5.48. The van der Waals surface area contributed by atoms with Crippen LogP contribution in [0.4, 0.5) is 5.69 Å². The molecule has 0 amide bonds. The molecule has 1 heterocycles. The zero-order chi connectivity index (χ0) is 15.6. The van der Waals surface area contributed by atoms with Gasteiger partial charge in [0.1, 0.15) is 0 Å². The van der Waals surface area contributed by atoms with Gasteiger partial charge in [-0.25, -0.2) is 4.79 Å². The topological polar surface area (TPSA) is 79.3 Å². The quantitative estimate of drug-likeness (QED) is 0.625. The van der Waals surface area contributed by atoms with Gasteiger partial charge in [-0.3, -0.25) is 19.2 Å². The molecule has 1 aromatic carbocycles. The van der Waals surface area contributed by atoms with E-state index in [1.54, 1.807) is 23.0 Å². The molecule has 112 valence electrons. The van der Waals surface area contributed by atoms with Gasteiger partial charge in [-0.2, -0.15) is 0 Å². The highest BCUT2D eigenvalue weighted by atomic mass is 16.6. The summed E-state index contributed by atoms with van der Waals surface area (Å²) in [6.45, 7) is 4.12. The number of rotatable bonds is 5. The van der Waals surface area contributed by atoms with Gasteiger partial charge in [0.25, 0.3) is 0 Å². The predicted molar refractivity (Wildman–Crippen MR) is 77.8 cm³/mol. The summed E-state index contributed by atoms with van der Waals surface area (Å²) in [5.41, 5.74) is 0.431. The van der Waals surface area contributed by atoms with E-state index in [0.717, 1.165) is 0 Å². The van der Waals surface area contributed by atoms with Gasteiger partial charge in [0.05, 0.1) is 18.6 Å². The maximum atomic E-state index is 12.1. The lowest BCUT2D eigenvalue weighted by Crippen LogP contribution is -2.25. The smallest absolute Gasteiger partial charge is 0.328 e. The first-order chi connectivity index (χ1) is 9.93. The first kappa shape index (κ1) is 14.8. The molecule has 0 bridgehead atoms. The Hall–Kier alpha value is -2.57. The minimum atomic E-state index is -0.496. The van der Waals surface area contributed by atoms with E-state index in [1.165, 1.54) is 23.8 Å². The summed E-state index contributed by atoms with van der Waals surface area (Å²) < 4.78 is 8.09. The first-order valence-electron chi connectivity index (χ1n) is 6.52. The lowest BCUT2D eigenvalue weighted by atomic mass is 10.2. The molecule has 0 radical (unpaired) electrons. The van der Waals surface area contributed by atoms with Gasteiger partial charge >= 0.3 is 11.4 Å². The van der Waals surface area contributed by atoms with E-state index < -0.39 is 4.92 Å². The molecule has 2 rings (SSSR count). The molecule has 0 fully saturated rings. The Kier molecular flexibility index (Phi) is 4.11. The highest BCUT2D eigenvalue weighted by Crippen LogP contribution is 2.27. The summed E-state index contributed by atoms with van der Waals surface area (Å²) in [6, 6.07) is 4.75. The summed E-state index contributed by atoms with van der Waals surface area (Å²) in [7, 11) is 1.38. The number of aromatic nitrogens is 2. The van der Waals surface area contributed by atoms with Crippen LogP contribution in [0, 0.1) is 10.1 Å². The second-order valence-electron chi connectivity index (χ2n) is 4.97. The molecule has 0 spiro atoms. The Balaban J connectivity index is 2.34. The zero-order valence-corrected chi connectivity index (χ0v) is 12.1. The Morgan fingerprint density at radius 1 is 1.33 bits per heavy atom. The Labute approximate surface area is 121 Å². The van der Waals surface area contributed by atoms with Crippen molar-refractivity contribution in [3.05, 3.63) is 56.8 Å². The number of nitro groups is 1.